The number of piperidine rings is 1. The monoisotopic (exact) mass is 453 g/mol. The fourth-order valence-corrected chi connectivity index (χ4v) is 4.32. The van der Waals surface area contributed by atoms with Crippen LogP contribution in [0, 0.1) is 0 Å². The summed E-state index contributed by atoms with van der Waals surface area (Å²) in [7, 11) is 0. The lowest BCUT2D eigenvalue weighted by atomic mass is 10.0. The third-order valence-electron chi connectivity index (χ3n) is 5.93. The van der Waals surface area contributed by atoms with Crippen molar-refractivity contribution in [1.82, 2.24) is 10.2 Å². The maximum absolute atomic E-state index is 12.6. The summed E-state index contributed by atoms with van der Waals surface area (Å²) in [5.74, 6) is 0.136. The van der Waals surface area contributed by atoms with Gasteiger partial charge in [-0.25, -0.2) is 0 Å². The van der Waals surface area contributed by atoms with E-state index in [4.69, 9.17) is 16.3 Å². The normalized spacial score (nSPS) is 19.8. The summed E-state index contributed by atoms with van der Waals surface area (Å²) >= 11 is 6.01. The Kier molecular flexibility index (Phi) is 7.12. The third kappa shape index (κ3) is 5.50. The lowest BCUT2D eigenvalue weighted by Crippen LogP contribution is -2.39. The standard InChI is InChI=1S/C25H28ClN3O3/c1-17-6-2-3-12-29(17)13-5-11-27-24(30)19-9-10-22-21(16-19)28-25(31)23(32-22)15-18-7-4-8-20(26)14-18/h4,7-10,14-17H,2-3,5-6,11-13H2,1H3,(H,27,30)(H,28,31)/b23-15+. The molecule has 2 amide bonds. The minimum Gasteiger partial charge on any atom is -0.449 e. The van der Waals surface area contributed by atoms with Crippen LogP contribution < -0.4 is 15.4 Å². The summed E-state index contributed by atoms with van der Waals surface area (Å²) < 4.78 is 5.77. The second-order valence-electron chi connectivity index (χ2n) is 8.32. The van der Waals surface area contributed by atoms with Gasteiger partial charge in [-0.2, -0.15) is 0 Å². The van der Waals surface area contributed by atoms with Crippen molar-refractivity contribution >= 4 is 35.2 Å². The van der Waals surface area contributed by atoms with E-state index >= 15 is 0 Å². The number of benzene rings is 2. The van der Waals surface area contributed by atoms with Gasteiger partial charge in [0.15, 0.2) is 11.5 Å². The molecule has 0 bridgehead atoms. The number of rotatable bonds is 6. The zero-order chi connectivity index (χ0) is 22.5. The summed E-state index contributed by atoms with van der Waals surface area (Å²) in [6.45, 7) is 5.04. The minimum atomic E-state index is -0.370. The molecule has 2 heterocycles. The van der Waals surface area contributed by atoms with E-state index < -0.39 is 0 Å². The van der Waals surface area contributed by atoms with Crippen molar-refractivity contribution in [3.8, 4) is 5.75 Å². The average Bonchev–Trinajstić information content (AvgIpc) is 2.78. The van der Waals surface area contributed by atoms with Crippen LogP contribution in [0.3, 0.4) is 0 Å². The number of amides is 2. The van der Waals surface area contributed by atoms with Crippen LogP contribution in [0.1, 0.15) is 48.5 Å². The highest BCUT2D eigenvalue weighted by atomic mass is 35.5. The number of nitrogens with zero attached hydrogens (tertiary/aromatic N) is 1. The number of ether oxygens (including phenoxy) is 1. The molecule has 0 aliphatic carbocycles. The van der Waals surface area contributed by atoms with Gasteiger partial charge in [0.2, 0.25) is 0 Å². The van der Waals surface area contributed by atoms with Crippen molar-refractivity contribution in [1.29, 1.82) is 0 Å². The molecule has 0 radical (unpaired) electrons. The molecule has 2 aliphatic rings. The van der Waals surface area contributed by atoms with Crippen LogP contribution in [0.2, 0.25) is 5.02 Å². The molecule has 0 aromatic heterocycles. The smallest absolute Gasteiger partial charge is 0.291 e. The van der Waals surface area contributed by atoms with Crippen molar-refractivity contribution in [2.24, 2.45) is 0 Å². The van der Waals surface area contributed by atoms with Gasteiger partial charge < -0.3 is 20.3 Å². The summed E-state index contributed by atoms with van der Waals surface area (Å²) in [6.07, 6.45) is 6.37. The minimum absolute atomic E-state index is 0.158. The highest BCUT2D eigenvalue weighted by molar-refractivity contribution is 6.30. The number of hydrogen-bond donors (Lipinski definition) is 2. The van der Waals surface area contributed by atoms with E-state index in [0.717, 1.165) is 25.1 Å². The summed E-state index contributed by atoms with van der Waals surface area (Å²) in [4.78, 5) is 27.5. The van der Waals surface area contributed by atoms with Crippen molar-refractivity contribution in [2.45, 2.75) is 38.6 Å². The molecule has 1 atom stereocenters. The van der Waals surface area contributed by atoms with Gasteiger partial charge in [-0.05, 0) is 74.7 Å². The van der Waals surface area contributed by atoms with Gasteiger partial charge in [0.25, 0.3) is 11.8 Å². The van der Waals surface area contributed by atoms with Crippen molar-refractivity contribution < 1.29 is 14.3 Å². The van der Waals surface area contributed by atoms with E-state index in [1.807, 2.05) is 6.07 Å². The van der Waals surface area contributed by atoms with Crippen LogP contribution in [0.4, 0.5) is 5.69 Å². The molecule has 1 saturated heterocycles. The number of carbonyl (C=O) groups is 2. The topological polar surface area (TPSA) is 70.7 Å². The fourth-order valence-electron chi connectivity index (χ4n) is 4.13. The van der Waals surface area contributed by atoms with E-state index in [-0.39, 0.29) is 17.6 Å². The molecule has 0 spiro atoms. The van der Waals surface area contributed by atoms with Crippen LogP contribution in [0.15, 0.2) is 48.2 Å². The second kappa shape index (κ2) is 10.2. The fraction of sp³-hybridized carbons (Fsp3) is 0.360. The Hall–Kier alpha value is -2.83. The zero-order valence-corrected chi connectivity index (χ0v) is 19.0. The molecule has 2 aromatic rings. The molecular weight excluding hydrogens is 426 g/mol. The molecule has 2 aromatic carbocycles. The SMILES string of the molecule is CC1CCCCN1CCCNC(=O)c1ccc2c(c1)NC(=O)/C(=C\c1cccc(Cl)c1)O2. The van der Waals surface area contributed by atoms with E-state index in [0.29, 0.717) is 34.6 Å². The van der Waals surface area contributed by atoms with Gasteiger partial charge in [0.1, 0.15) is 0 Å². The first kappa shape index (κ1) is 22.4. The molecule has 2 aliphatic heterocycles. The lowest BCUT2D eigenvalue weighted by Gasteiger charge is -2.33. The Labute approximate surface area is 193 Å². The Bertz CT molecular complexity index is 1040. The first-order chi connectivity index (χ1) is 15.5. The van der Waals surface area contributed by atoms with Crippen LogP contribution in [-0.4, -0.2) is 42.4 Å². The van der Waals surface area contributed by atoms with Crippen molar-refractivity contribution in [2.75, 3.05) is 25.0 Å². The van der Waals surface area contributed by atoms with Gasteiger partial charge in [-0.1, -0.05) is 30.2 Å². The van der Waals surface area contributed by atoms with Crippen molar-refractivity contribution in [3.63, 3.8) is 0 Å². The quantitative estimate of drug-likeness (QED) is 0.491. The van der Waals surface area contributed by atoms with Crippen LogP contribution in [0.5, 0.6) is 5.75 Å². The molecule has 1 fully saturated rings. The van der Waals surface area contributed by atoms with Gasteiger partial charge in [-0.3, -0.25) is 9.59 Å². The predicted octanol–water partition coefficient (Wildman–Crippen LogP) is 4.71. The lowest BCUT2D eigenvalue weighted by molar-refractivity contribution is -0.115. The maximum atomic E-state index is 12.6. The van der Waals surface area contributed by atoms with Gasteiger partial charge in [0.05, 0.1) is 5.69 Å². The van der Waals surface area contributed by atoms with Gasteiger partial charge in [0, 0.05) is 29.7 Å². The zero-order valence-electron chi connectivity index (χ0n) is 18.2. The Morgan fingerprint density at radius 3 is 2.97 bits per heavy atom. The van der Waals surface area contributed by atoms with E-state index in [1.54, 1.807) is 42.5 Å². The van der Waals surface area contributed by atoms with E-state index in [1.165, 1.54) is 19.3 Å². The Morgan fingerprint density at radius 1 is 1.28 bits per heavy atom. The molecule has 7 heteroatoms. The van der Waals surface area contributed by atoms with Gasteiger partial charge >= 0.3 is 0 Å². The molecule has 168 valence electrons. The highest BCUT2D eigenvalue weighted by Crippen LogP contribution is 2.32. The van der Waals surface area contributed by atoms with Crippen LogP contribution in [-0.2, 0) is 4.79 Å². The second-order valence-corrected chi connectivity index (χ2v) is 8.76. The van der Waals surface area contributed by atoms with Crippen LogP contribution >= 0.6 is 11.6 Å². The molecule has 0 saturated carbocycles. The largest absolute Gasteiger partial charge is 0.449 e. The molecule has 1 unspecified atom stereocenters. The predicted molar refractivity (Wildman–Crippen MR) is 127 cm³/mol. The number of carbonyl (C=O) groups excluding carboxylic acids is 2. The average molecular weight is 454 g/mol. The summed E-state index contributed by atoms with van der Waals surface area (Å²) in [5, 5.41) is 6.36. The molecular formula is C25H28ClN3O3. The number of likely N-dealkylation sites (tertiary alicyclic amines) is 1. The third-order valence-corrected chi connectivity index (χ3v) is 6.16. The highest BCUT2D eigenvalue weighted by Gasteiger charge is 2.23. The summed E-state index contributed by atoms with van der Waals surface area (Å²) in [5.41, 5.74) is 1.73. The first-order valence-corrected chi connectivity index (χ1v) is 11.5. The number of fused-ring (bicyclic) bond motifs is 1. The number of halogens is 1. The van der Waals surface area contributed by atoms with E-state index in [2.05, 4.69) is 22.5 Å². The molecule has 2 N–H and O–H groups in total. The van der Waals surface area contributed by atoms with Crippen LogP contribution in [0.25, 0.3) is 6.08 Å². The maximum Gasteiger partial charge on any atom is 0.291 e. The number of anilines is 1. The molecule has 6 nitrogen and oxygen atoms in total. The Morgan fingerprint density at radius 2 is 2.16 bits per heavy atom. The Balaban J connectivity index is 1.34. The van der Waals surface area contributed by atoms with Crippen molar-refractivity contribution in [3.05, 3.63) is 64.4 Å². The number of nitrogens with one attached hydrogen (secondary N) is 2. The first-order valence-electron chi connectivity index (χ1n) is 11.1. The number of hydrogen-bond acceptors (Lipinski definition) is 4. The van der Waals surface area contributed by atoms with E-state index in [9.17, 15) is 9.59 Å². The molecule has 32 heavy (non-hydrogen) atoms. The summed E-state index contributed by atoms with van der Waals surface area (Å²) in [6, 6.07) is 12.8. The van der Waals surface area contributed by atoms with Gasteiger partial charge in [-0.15, -0.1) is 0 Å². The molecule has 4 rings (SSSR count).